The molecule has 1 aromatic rings. The molecule has 1 aliphatic rings. The number of rotatable bonds is 5. The summed E-state index contributed by atoms with van der Waals surface area (Å²) < 4.78 is 5.24. The molecule has 1 heterocycles. The van der Waals surface area contributed by atoms with Crippen LogP contribution in [0.4, 0.5) is 0 Å². The third-order valence-electron chi connectivity index (χ3n) is 3.33. The highest BCUT2D eigenvalue weighted by Crippen LogP contribution is 2.33. The van der Waals surface area contributed by atoms with E-state index in [1.807, 2.05) is 31.1 Å². The number of carboxylic acids is 1. The summed E-state index contributed by atoms with van der Waals surface area (Å²) in [6.07, 6.45) is 5.75. The lowest BCUT2D eigenvalue weighted by molar-refractivity contribution is -0.142. The molecular weight excluding hydrogens is 246 g/mol. The Morgan fingerprint density at radius 2 is 2.21 bits per heavy atom. The highest BCUT2D eigenvalue weighted by atomic mass is 16.5. The van der Waals surface area contributed by atoms with E-state index in [0.717, 1.165) is 6.54 Å². The van der Waals surface area contributed by atoms with Gasteiger partial charge in [0.05, 0.1) is 11.8 Å². The van der Waals surface area contributed by atoms with Gasteiger partial charge in [-0.3, -0.25) is 4.79 Å². The molecule has 6 heteroatoms. The summed E-state index contributed by atoms with van der Waals surface area (Å²) in [6.45, 7) is 0.839. The molecule has 2 rings (SSSR count). The maximum absolute atomic E-state index is 11.2. The first-order valence-electron chi connectivity index (χ1n) is 6.43. The van der Waals surface area contributed by atoms with Gasteiger partial charge < -0.3 is 14.5 Å². The Morgan fingerprint density at radius 3 is 2.89 bits per heavy atom. The number of hydrogen-bond donors (Lipinski definition) is 1. The van der Waals surface area contributed by atoms with Crippen LogP contribution in [0.3, 0.4) is 0 Å². The van der Waals surface area contributed by atoms with Crippen molar-refractivity contribution in [3.63, 3.8) is 0 Å². The van der Waals surface area contributed by atoms with Crippen molar-refractivity contribution in [2.24, 2.45) is 5.92 Å². The van der Waals surface area contributed by atoms with Crippen molar-refractivity contribution in [1.82, 2.24) is 15.0 Å². The van der Waals surface area contributed by atoms with Gasteiger partial charge in [-0.1, -0.05) is 17.3 Å². The first-order valence-corrected chi connectivity index (χ1v) is 6.43. The normalized spacial score (nSPS) is 22.9. The first kappa shape index (κ1) is 13.7. The van der Waals surface area contributed by atoms with Crippen LogP contribution < -0.4 is 0 Å². The second kappa shape index (κ2) is 5.97. The molecule has 0 radical (unpaired) electrons. The van der Waals surface area contributed by atoms with Gasteiger partial charge in [0, 0.05) is 13.0 Å². The fourth-order valence-corrected chi connectivity index (χ4v) is 2.20. The van der Waals surface area contributed by atoms with Crippen LogP contribution in [0.5, 0.6) is 0 Å². The van der Waals surface area contributed by atoms with Gasteiger partial charge in [-0.15, -0.1) is 0 Å². The zero-order chi connectivity index (χ0) is 13.8. The topological polar surface area (TPSA) is 79.5 Å². The monoisotopic (exact) mass is 265 g/mol. The number of likely N-dealkylation sites (N-methyl/N-ethyl adjacent to an activating group) is 1. The van der Waals surface area contributed by atoms with Crippen molar-refractivity contribution in [3.05, 3.63) is 23.9 Å². The molecule has 1 aromatic heterocycles. The lowest BCUT2D eigenvalue weighted by Gasteiger charge is -2.21. The predicted octanol–water partition coefficient (Wildman–Crippen LogP) is 1.31. The molecule has 1 aliphatic carbocycles. The van der Waals surface area contributed by atoms with Crippen molar-refractivity contribution >= 4 is 5.97 Å². The van der Waals surface area contributed by atoms with Crippen LogP contribution >= 0.6 is 0 Å². The molecule has 2 unspecified atom stereocenters. The molecule has 0 saturated carbocycles. The second-order valence-corrected chi connectivity index (χ2v) is 5.10. The molecule has 0 amide bonds. The van der Waals surface area contributed by atoms with Gasteiger partial charge in [0.25, 0.3) is 0 Å². The minimum absolute atomic E-state index is 0.205. The van der Waals surface area contributed by atoms with E-state index in [2.05, 4.69) is 10.1 Å². The molecular formula is C13H19N3O3. The molecule has 1 N–H and O–H groups in total. The van der Waals surface area contributed by atoms with Gasteiger partial charge in [-0.2, -0.15) is 4.98 Å². The number of aliphatic carboxylic acids is 1. The predicted molar refractivity (Wildman–Crippen MR) is 68.8 cm³/mol. The number of nitrogens with zero attached hydrogens (tertiary/aromatic N) is 3. The van der Waals surface area contributed by atoms with E-state index in [4.69, 9.17) is 4.52 Å². The molecule has 19 heavy (non-hydrogen) atoms. The van der Waals surface area contributed by atoms with Crippen LogP contribution in [-0.4, -0.2) is 46.8 Å². The van der Waals surface area contributed by atoms with Crippen LogP contribution in [-0.2, 0) is 11.2 Å². The van der Waals surface area contributed by atoms with Crippen LogP contribution in [0.2, 0.25) is 0 Å². The standard InChI is InChI=1S/C13H19N3O3/c1-16(2)8-7-11-14-12(19-15-11)9-5-3-4-6-10(9)13(17)18/h3-4,9-10H,5-8H2,1-2H3,(H,17,18). The Hall–Kier alpha value is -1.69. The molecule has 104 valence electrons. The Labute approximate surface area is 112 Å². The van der Waals surface area contributed by atoms with E-state index < -0.39 is 11.9 Å². The SMILES string of the molecule is CN(C)CCc1noc(C2CC=CCC2C(=O)O)n1. The Balaban J connectivity index is 2.08. The fraction of sp³-hybridized carbons (Fsp3) is 0.615. The van der Waals surface area contributed by atoms with Crippen molar-refractivity contribution in [3.8, 4) is 0 Å². The van der Waals surface area contributed by atoms with E-state index in [1.54, 1.807) is 0 Å². The van der Waals surface area contributed by atoms with Gasteiger partial charge in [0.1, 0.15) is 0 Å². The van der Waals surface area contributed by atoms with Crippen LogP contribution in [0, 0.1) is 5.92 Å². The number of carboxylic acid groups (broad SMARTS) is 1. The molecule has 0 bridgehead atoms. The average Bonchev–Trinajstić information content (AvgIpc) is 2.85. The summed E-state index contributed by atoms with van der Waals surface area (Å²) in [7, 11) is 3.96. The van der Waals surface area contributed by atoms with Crippen LogP contribution in [0.15, 0.2) is 16.7 Å². The average molecular weight is 265 g/mol. The lowest BCUT2D eigenvalue weighted by Crippen LogP contribution is -2.23. The van der Waals surface area contributed by atoms with E-state index in [1.165, 1.54) is 0 Å². The Morgan fingerprint density at radius 1 is 1.47 bits per heavy atom. The van der Waals surface area contributed by atoms with Gasteiger partial charge in [-0.05, 0) is 26.9 Å². The lowest BCUT2D eigenvalue weighted by atomic mass is 9.83. The van der Waals surface area contributed by atoms with Crippen LogP contribution in [0.1, 0.15) is 30.5 Å². The number of aromatic nitrogens is 2. The molecule has 0 aromatic carbocycles. The molecule has 0 saturated heterocycles. The maximum Gasteiger partial charge on any atom is 0.307 e. The zero-order valence-corrected chi connectivity index (χ0v) is 11.2. The number of carbonyl (C=O) groups is 1. The van der Waals surface area contributed by atoms with Crippen molar-refractivity contribution < 1.29 is 14.4 Å². The van der Waals surface area contributed by atoms with Gasteiger partial charge in [0.2, 0.25) is 5.89 Å². The quantitative estimate of drug-likeness (QED) is 0.809. The summed E-state index contributed by atoms with van der Waals surface area (Å²) in [5, 5.41) is 13.1. The Bertz CT molecular complexity index is 467. The fourth-order valence-electron chi connectivity index (χ4n) is 2.20. The highest BCUT2D eigenvalue weighted by Gasteiger charge is 2.33. The van der Waals surface area contributed by atoms with Gasteiger partial charge in [0.15, 0.2) is 5.82 Å². The smallest absolute Gasteiger partial charge is 0.307 e. The first-order chi connectivity index (χ1) is 9.08. The molecule has 6 nitrogen and oxygen atoms in total. The van der Waals surface area contributed by atoms with Crippen molar-refractivity contribution in [2.45, 2.75) is 25.2 Å². The van der Waals surface area contributed by atoms with Gasteiger partial charge >= 0.3 is 5.97 Å². The minimum atomic E-state index is -0.803. The zero-order valence-electron chi connectivity index (χ0n) is 11.2. The third kappa shape index (κ3) is 3.41. The van der Waals surface area contributed by atoms with E-state index in [0.29, 0.717) is 31.0 Å². The highest BCUT2D eigenvalue weighted by molar-refractivity contribution is 5.71. The van der Waals surface area contributed by atoms with E-state index in [-0.39, 0.29) is 5.92 Å². The summed E-state index contributed by atoms with van der Waals surface area (Å²) in [5.74, 6) is -0.384. The molecule has 2 atom stereocenters. The summed E-state index contributed by atoms with van der Waals surface area (Å²) >= 11 is 0. The van der Waals surface area contributed by atoms with Crippen molar-refractivity contribution in [1.29, 1.82) is 0 Å². The number of allylic oxidation sites excluding steroid dienone is 2. The molecule has 0 aliphatic heterocycles. The van der Waals surface area contributed by atoms with Gasteiger partial charge in [-0.25, -0.2) is 0 Å². The van der Waals surface area contributed by atoms with Crippen LogP contribution in [0.25, 0.3) is 0 Å². The summed E-state index contributed by atoms with van der Waals surface area (Å²) in [6, 6.07) is 0. The largest absolute Gasteiger partial charge is 0.481 e. The second-order valence-electron chi connectivity index (χ2n) is 5.10. The van der Waals surface area contributed by atoms with E-state index in [9.17, 15) is 9.90 Å². The summed E-state index contributed by atoms with van der Waals surface area (Å²) in [5.41, 5.74) is 0. The molecule has 0 fully saturated rings. The summed E-state index contributed by atoms with van der Waals surface area (Å²) in [4.78, 5) is 17.6. The molecule has 0 spiro atoms. The number of hydrogen-bond acceptors (Lipinski definition) is 5. The Kier molecular flexibility index (Phi) is 4.31. The third-order valence-corrected chi connectivity index (χ3v) is 3.33. The minimum Gasteiger partial charge on any atom is -0.481 e. The van der Waals surface area contributed by atoms with E-state index >= 15 is 0 Å². The maximum atomic E-state index is 11.2. The van der Waals surface area contributed by atoms with Crippen molar-refractivity contribution in [2.75, 3.05) is 20.6 Å².